The quantitative estimate of drug-likeness (QED) is 0.713. The molecular formula is C24H25N3O4S. The van der Waals surface area contributed by atoms with Gasteiger partial charge in [0.15, 0.2) is 0 Å². The third-order valence-electron chi connectivity index (χ3n) is 6.74. The molecule has 5 rings (SSSR count). The Morgan fingerprint density at radius 1 is 0.969 bits per heavy atom. The summed E-state index contributed by atoms with van der Waals surface area (Å²) in [6.07, 6.45) is 3.29. The van der Waals surface area contributed by atoms with Crippen LogP contribution in [0.5, 0.6) is 0 Å². The number of sulfonamides is 1. The molecule has 1 spiro atoms. The van der Waals surface area contributed by atoms with Gasteiger partial charge in [-0.05, 0) is 61.1 Å². The molecule has 8 heteroatoms. The molecule has 2 saturated heterocycles. The second kappa shape index (κ2) is 8.00. The number of carbonyl (C=O) groups excluding carboxylic acids is 1. The summed E-state index contributed by atoms with van der Waals surface area (Å²) in [5, 5.41) is 8.94. The third kappa shape index (κ3) is 3.92. The molecule has 7 nitrogen and oxygen atoms in total. The highest BCUT2D eigenvalue weighted by molar-refractivity contribution is 7.89. The minimum Gasteiger partial charge on any atom is -0.363 e. The van der Waals surface area contributed by atoms with Crippen LogP contribution in [0.1, 0.15) is 31.2 Å². The zero-order valence-corrected chi connectivity index (χ0v) is 18.6. The average Bonchev–Trinajstić information content (AvgIpc) is 3.67. The molecule has 3 aliphatic rings. The van der Waals surface area contributed by atoms with E-state index in [-0.39, 0.29) is 17.4 Å². The fourth-order valence-electron chi connectivity index (χ4n) is 4.60. The maximum Gasteiger partial charge on any atom is 0.248 e. The number of nitrogens with zero attached hydrogens (tertiary/aromatic N) is 3. The van der Waals surface area contributed by atoms with Gasteiger partial charge in [0.05, 0.1) is 28.7 Å². The van der Waals surface area contributed by atoms with Crippen molar-refractivity contribution < 1.29 is 17.9 Å². The van der Waals surface area contributed by atoms with Crippen molar-refractivity contribution in [1.82, 2.24) is 9.21 Å². The van der Waals surface area contributed by atoms with Gasteiger partial charge in [0, 0.05) is 19.1 Å². The molecule has 2 aromatic carbocycles. The number of amides is 1. The van der Waals surface area contributed by atoms with Crippen LogP contribution in [0.25, 0.3) is 11.1 Å². The monoisotopic (exact) mass is 451 g/mol. The topological polar surface area (TPSA) is 90.7 Å². The first-order valence-electron chi connectivity index (χ1n) is 10.9. The molecule has 166 valence electrons. The predicted octanol–water partition coefficient (Wildman–Crippen LogP) is 2.77. The molecule has 2 aliphatic heterocycles. The molecule has 0 bridgehead atoms. The Kier molecular flexibility index (Phi) is 5.28. The van der Waals surface area contributed by atoms with Gasteiger partial charge in [-0.2, -0.15) is 9.57 Å². The van der Waals surface area contributed by atoms with E-state index < -0.39 is 15.6 Å². The summed E-state index contributed by atoms with van der Waals surface area (Å²) in [6, 6.07) is 16.5. The fraction of sp³-hybridized carbons (Fsp3) is 0.417. The summed E-state index contributed by atoms with van der Waals surface area (Å²) < 4.78 is 33.9. The minimum absolute atomic E-state index is 0.0514. The van der Waals surface area contributed by atoms with Crippen LogP contribution in [0.15, 0.2) is 53.4 Å². The number of morpholine rings is 1. The van der Waals surface area contributed by atoms with E-state index in [1.54, 1.807) is 36.4 Å². The van der Waals surface area contributed by atoms with Crippen molar-refractivity contribution in [3.8, 4) is 17.2 Å². The summed E-state index contributed by atoms with van der Waals surface area (Å²) in [5.41, 5.74) is 1.98. The summed E-state index contributed by atoms with van der Waals surface area (Å²) in [6.45, 7) is 1.43. The zero-order valence-electron chi connectivity index (χ0n) is 17.7. The summed E-state index contributed by atoms with van der Waals surface area (Å²) in [7, 11) is -3.60. The van der Waals surface area contributed by atoms with Crippen LogP contribution in [-0.4, -0.2) is 61.4 Å². The van der Waals surface area contributed by atoms with Crippen LogP contribution in [0.4, 0.5) is 0 Å². The normalized spacial score (nSPS) is 21.5. The van der Waals surface area contributed by atoms with Gasteiger partial charge in [-0.15, -0.1) is 0 Å². The number of nitriles is 1. The Hall–Kier alpha value is -2.73. The third-order valence-corrected chi connectivity index (χ3v) is 8.65. The first kappa shape index (κ1) is 21.1. The summed E-state index contributed by atoms with van der Waals surface area (Å²) in [5.74, 6) is 0.0514. The molecule has 2 aromatic rings. The number of benzene rings is 2. The maximum atomic E-state index is 13.2. The van der Waals surface area contributed by atoms with Crippen molar-refractivity contribution >= 4 is 15.9 Å². The highest BCUT2D eigenvalue weighted by atomic mass is 32.2. The van der Waals surface area contributed by atoms with Gasteiger partial charge >= 0.3 is 0 Å². The van der Waals surface area contributed by atoms with Gasteiger partial charge in [0.25, 0.3) is 0 Å². The highest BCUT2D eigenvalue weighted by Gasteiger charge is 2.47. The highest BCUT2D eigenvalue weighted by Crippen LogP contribution is 2.37. The lowest BCUT2D eigenvalue weighted by Gasteiger charge is -2.46. The Labute approximate surface area is 188 Å². The summed E-state index contributed by atoms with van der Waals surface area (Å²) in [4.78, 5) is 14.4. The molecule has 0 unspecified atom stereocenters. The van der Waals surface area contributed by atoms with E-state index >= 15 is 0 Å². The molecule has 0 radical (unpaired) electrons. The molecule has 1 amide bonds. The zero-order chi connectivity index (χ0) is 22.3. The molecule has 32 heavy (non-hydrogen) atoms. The standard InChI is InChI=1S/C24H25N3O4S/c25-15-18-1-3-19(4-2-18)20-5-9-22(10-6-20)32(29,30)26-13-11-24(12-14-26)17-27(21-7-8-21)23(28)16-31-24/h1-6,9-10,21H,7-8,11-14,16-17H2. The Morgan fingerprint density at radius 2 is 1.56 bits per heavy atom. The first-order chi connectivity index (χ1) is 15.4. The van der Waals surface area contributed by atoms with Crippen LogP contribution in [0.3, 0.4) is 0 Å². The lowest BCUT2D eigenvalue weighted by Crippen LogP contribution is -2.59. The molecule has 0 atom stereocenters. The summed E-state index contributed by atoms with van der Waals surface area (Å²) >= 11 is 0. The molecule has 3 fully saturated rings. The average molecular weight is 452 g/mol. The van der Waals surface area contributed by atoms with Crippen molar-refractivity contribution in [2.45, 2.75) is 42.2 Å². The van der Waals surface area contributed by atoms with Gasteiger partial charge < -0.3 is 9.64 Å². The minimum atomic E-state index is -3.60. The number of hydrogen-bond donors (Lipinski definition) is 0. The second-order valence-electron chi connectivity index (χ2n) is 8.84. The molecule has 0 N–H and O–H groups in total. The van der Waals surface area contributed by atoms with Crippen LogP contribution in [-0.2, 0) is 19.6 Å². The number of carbonyl (C=O) groups is 1. The lowest BCUT2D eigenvalue weighted by atomic mass is 9.90. The van der Waals surface area contributed by atoms with Crippen LogP contribution in [0, 0.1) is 11.3 Å². The van der Waals surface area contributed by atoms with Crippen molar-refractivity contribution in [2.24, 2.45) is 0 Å². The van der Waals surface area contributed by atoms with E-state index in [1.807, 2.05) is 17.0 Å². The lowest BCUT2D eigenvalue weighted by molar-refractivity contribution is -0.170. The maximum absolute atomic E-state index is 13.2. The van der Waals surface area contributed by atoms with Crippen molar-refractivity contribution in [2.75, 3.05) is 26.2 Å². The predicted molar refractivity (Wildman–Crippen MR) is 118 cm³/mol. The van der Waals surface area contributed by atoms with Gasteiger partial charge in [0.1, 0.15) is 6.61 Å². The van der Waals surface area contributed by atoms with E-state index in [4.69, 9.17) is 10.00 Å². The van der Waals surface area contributed by atoms with Gasteiger partial charge in [-0.3, -0.25) is 4.79 Å². The second-order valence-corrected chi connectivity index (χ2v) is 10.8. The van der Waals surface area contributed by atoms with E-state index in [9.17, 15) is 13.2 Å². The number of ether oxygens (including phenoxy) is 1. The van der Waals surface area contributed by atoms with E-state index in [1.165, 1.54) is 4.31 Å². The van der Waals surface area contributed by atoms with Crippen molar-refractivity contribution in [3.63, 3.8) is 0 Å². The molecule has 1 saturated carbocycles. The fourth-order valence-corrected chi connectivity index (χ4v) is 6.04. The van der Waals surface area contributed by atoms with Crippen LogP contribution >= 0.6 is 0 Å². The molecule has 2 heterocycles. The van der Waals surface area contributed by atoms with Crippen molar-refractivity contribution in [1.29, 1.82) is 5.26 Å². The van der Waals surface area contributed by atoms with E-state index in [2.05, 4.69) is 6.07 Å². The number of rotatable bonds is 4. The largest absolute Gasteiger partial charge is 0.363 e. The number of hydrogen-bond acceptors (Lipinski definition) is 5. The van der Waals surface area contributed by atoms with Crippen LogP contribution in [0.2, 0.25) is 0 Å². The van der Waals surface area contributed by atoms with Crippen LogP contribution < -0.4 is 0 Å². The van der Waals surface area contributed by atoms with Crippen molar-refractivity contribution in [3.05, 3.63) is 54.1 Å². The van der Waals surface area contributed by atoms with Gasteiger partial charge in [-0.1, -0.05) is 24.3 Å². The molecular weight excluding hydrogens is 426 g/mol. The number of piperidine rings is 1. The Morgan fingerprint density at radius 3 is 2.12 bits per heavy atom. The first-order valence-corrected chi connectivity index (χ1v) is 12.4. The molecule has 0 aromatic heterocycles. The van der Waals surface area contributed by atoms with Gasteiger partial charge in [0.2, 0.25) is 15.9 Å². The SMILES string of the molecule is N#Cc1ccc(-c2ccc(S(=O)(=O)N3CCC4(CC3)CN(C3CC3)C(=O)CO4)cc2)cc1. The van der Waals surface area contributed by atoms with Gasteiger partial charge in [-0.25, -0.2) is 8.42 Å². The Bertz CT molecular complexity index is 1160. The van der Waals surface area contributed by atoms with E-state index in [0.29, 0.717) is 44.1 Å². The van der Waals surface area contributed by atoms with E-state index in [0.717, 1.165) is 24.0 Å². The smallest absolute Gasteiger partial charge is 0.248 e. The molecule has 1 aliphatic carbocycles. The Balaban J connectivity index is 1.27.